The lowest BCUT2D eigenvalue weighted by atomic mass is 10.1. The number of hydrogen-bond acceptors (Lipinski definition) is 9. The number of nitrogens with one attached hydrogen (secondary N) is 1. The first kappa shape index (κ1) is 22.9. The van der Waals surface area contributed by atoms with Crippen LogP contribution in [-0.4, -0.2) is 83.9 Å². The van der Waals surface area contributed by atoms with Crippen molar-refractivity contribution in [2.75, 3.05) is 18.8 Å². The van der Waals surface area contributed by atoms with E-state index in [1.54, 1.807) is 11.8 Å². The van der Waals surface area contributed by atoms with Crippen LogP contribution >= 0.6 is 0 Å². The summed E-state index contributed by atoms with van der Waals surface area (Å²) < 4.78 is 7.10. The molecule has 1 aliphatic heterocycles. The van der Waals surface area contributed by atoms with Gasteiger partial charge in [-0.15, -0.1) is 0 Å². The summed E-state index contributed by atoms with van der Waals surface area (Å²) in [7, 11) is 0. The molecule has 1 unspecified atom stereocenters. The second-order valence-electron chi connectivity index (χ2n) is 8.03. The molecule has 1 saturated heterocycles. The normalized spacial score (nSPS) is 24.4. The number of nitrogens with two attached hydrogens (primary N) is 1. The number of amides is 2. The number of anilines is 1. The maximum atomic E-state index is 12.4. The van der Waals surface area contributed by atoms with Gasteiger partial charge >= 0.3 is 0 Å². The Labute approximate surface area is 190 Å². The van der Waals surface area contributed by atoms with Crippen molar-refractivity contribution in [2.24, 2.45) is 0 Å². The highest BCUT2D eigenvalue weighted by molar-refractivity contribution is 5.83. The molecule has 176 valence electrons. The predicted octanol–water partition coefficient (Wildman–Crippen LogP) is -1.08. The monoisotopic (exact) mass is 457 g/mol. The molecule has 2 aromatic rings. The Morgan fingerprint density at radius 2 is 2.06 bits per heavy atom. The summed E-state index contributed by atoms with van der Waals surface area (Å²) in [6.07, 6.45) is -1.62. The fourth-order valence-electron chi connectivity index (χ4n) is 3.61. The Hall–Kier alpha value is -3.27. The number of nitrogen functional groups attached to an aromatic ring is 1. The van der Waals surface area contributed by atoms with E-state index in [0.717, 1.165) is 12.8 Å². The summed E-state index contributed by atoms with van der Waals surface area (Å²) in [5.41, 5.74) is 6.53. The standard InChI is InChI=1S/C21H27N7O5/c1-3-13(29)27(4-2)9-5-6-12-25-18(22)14-19(26-12)28(10-23-14)21-16(31)15(30)17(33-21)20(32)24-11-7-8-11/h10-11,15-17,21,30-31H,3-4,7-9H2,1-2H3,(H,24,32)(H2,22,25,26)/t15?,16-,17-,21+/m0/s1. The Morgan fingerprint density at radius 1 is 1.30 bits per heavy atom. The van der Waals surface area contributed by atoms with Crippen LogP contribution in [0.3, 0.4) is 0 Å². The van der Waals surface area contributed by atoms with Gasteiger partial charge in [-0.05, 0) is 25.7 Å². The number of aromatic nitrogens is 4. The van der Waals surface area contributed by atoms with E-state index in [1.807, 2.05) is 6.92 Å². The molecular formula is C21H27N7O5. The van der Waals surface area contributed by atoms with Crippen molar-refractivity contribution < 1.29 is 24.5 Å². The van der Waals surface area contributed by atoms with Gasteiger partial charge in [0, 0.05) is 19.0 Å². The van der Waals surface area contributed by atoms with E-state index >= 15 is 0 Å². The van der Waals surface area contributed by atoms with Crippen LogP contribution < -0.4 is 11.1 Å². The molecule has 0 radical (unpaired) electrons. The van der Waals surface area contributed by atoms with E-state index in [0.29, 0.717) is 13.0 Å². The van der Waals surface area contributed by atoms with Crippen molar-refractivity contribution in [2.45, 2.75) is 63.7 Å². The molecule has 0 spiro atoms. The van der Waals surface area contributed by atoms with E-state index < -0.39 is 30.4 Å². The van der Waals surface area contributed by atoms with E-state index in [4.69, 9.17) is 10.5 Å². The van der Waals surface area contributed by atoms with Crippen LogP contribution in [0.25, 0.3) is 11.2 Å². The fourth-order valence-corrected chi connectivity index (χ4v) is 3.61. The second kappa shape index (κ2) is 9.30. The maximum Gasteiger partial charge on any atom is 0.252 e. The minimum atomic E-state index is -1.42. The Kier molecular flexibility index (Phi) is 6.46. The summed E-state index contributed by atoms with van der Waals surface area (Å²) in [4.78, 5) is 38.6. The fraction of sp³-hybridized carbons (Fsp3) is 0.571. The van der Waals surface area contributed by atoms with Crippen LogP contribution in [0.4, 0.5) is 5.82 Å². The summed E-state index contributed by atoms with van der Waals surface area (Å²) >= 11 is 0. The molecule has 2 aromatic heterocycles. The van der Waals surface area contributed by atoms with E-state index in [9.17, 15) is 19.8 Å². The van der Waals surface area contributed by atoms with Crippen LogP contribution in [0.1, 0.15) is 45.2 Å². The average molecular weight is 457 g/mol. The molecule has 2 fully saturated rings. The molecule has 0 aromatic carbocycles. The maximum absolute atomic E-state index is 12.4. The smallest absolute Gasteiger partial charge is 0.252 e. The van der Waals surface area contributed by atoms with Crippen molar-refractivity contribution in [1.29, 1.82) is 0 Å². The quantitative estimate of drug-likeness (QED) is 0.394. The third-order valence-electron chi connectivity index (χ3n) is 5.65. The minimum Gasteiger partial charge on any atom is -0.387 e. The number of aliphatic hydroxyl groups is 2. The molecular weight excluding hydrogens is 430 g/mol. The van der Waals surface area contributed by atoms with Crippen LogP contribution in [0.2, 0.25) is 0 Å². The van der Waals surface area contributed by atoms with Crippen LogP contribution in [-0.2, 0) is 14.3 Å². The zero-order valence-electron chi connectivity index (χ0n) is 18.4. The van der Waals surface area contributed by atoms with E-state index in [1.165, 1.54) is 10.9 Å². The summed E-state index contributed by atoms with van der Waals surface area (Å²) in [6.45, 7) is 4.41. The molecule has 4 atom stereocenters. The number of carbonyl (C=O) groups is 2. The molecule has 12 heteroatoms. The molecule has 2 amide bonds. The lowest BCUT2D eigenvalue weighted by Gasteiger charge is -2.16. The zero-order valence-corrected chi connectivity index (χ0v) is 18.4. The third kappa shape index (κ3) is 4.61. The number of ether oxygens (including phenoxy) is 1. The first-order valence-electron chi connectivity index (χ1n) is 10.9. The van der Waals surface area contributed by atoms with Gasteiger partial charge < -0.3 is 30.9 Å². The van der Waals surface area contributed by atoms with Crippen LogP contribution in [0.5, 0.6) is 0 Å². The van der Waals surface area contributed by atoms with Crippen LogP contribution in [0.15, 0.2) is 6.33 Å². The number of aliphatic hydroxyl groups excluding tert-OH is 2. The largest absolute Gasteiger partial charge is 0.387 e. The number of rotatable bonds is 6. The molecule has 5 N–H and O–H groups in total. The summed E-state index contributed by atoms with van der Waals surface area (Å²) in [5.74, 6) is 5.38. The van der Waals surface area contributed by atoms with Crippen molar-refractivity contribution in [3.8, 4) is 11.8 Å². The topological polar surface area (TPSA) is 169 Å². The van der Waals surface area contributed by atoms with Crippen molar-refractivity contribution in [3.63, 3.8) is 0 Å². The van der Waals surface area contributed by atoms with Gasteiger partial charge in [-0.3, -0.25) is 14.2 Å². The highest BCUT2D eigenvalue weighted by atomic mass is 16.6. The lowest BCUT2D eigenvalue weighted by molar-refractivity contribution is -0.137. The number of imidazole rings is 1. The number of nitrogens with zero attached hydrogens (tertiary/aromatic N) is 5. The lowest BCUT2D eigenvalue weighted by Crippen LogP contribution is -2.43. The van der Waals surface area contributed by atoms with Gasteiger partial charge in [0.1, 0.15) is 17.7 Å². The summed E-state index contributed by atoms with van der Waals surface area (Å²) in [6, 6.07) is 0.0866. The number of fused-ring (bicyclic) bond motifs is 1. The molecule has 4 rings (SSSR count). The summed E-state index contributed by atoms with van der Waals surface area (Å²) in [5, 5.41) is 23.7. The van der Waals surface area contributed by atoms with Gasteiger partial charge in [-0.25, -0.2) is 15.0 Å². The zero-order chi connectivity index (χ0) is 23.7. The highest BCUT2D eigenvalue weighted by Crippen LogP contribution is 2.33. The Bertz CT molecular complexity index is 1120. The van der Waals surface area contributed by atoms with Gasteiger partial charge in [0.05, 0.1) is 12.9 Å². The molecule has 2 aliphatic rings. The first-order chi connectivity index (χ1) is 15.8. The molecule has 1 aliphatic carbocycles. The highest BCUT2D eigenvalue weighted by Gasteiger charge is 2.48. The van der Waals surface area contributed by atoms with Gasteiger partial charge in [0.15, 0.2) is 23.8 Å². The van der Waals surface area contributed by atoms with Crippen molar-refractivity contribution in [3.05, 3.63) is 12.2 Å². The third-order valence-corrected chi connectivity index (χ3v) is 5.65. The Morgan fingerprint density at radius 3 is 2.73 bits per heavy atom. The SMILES string of the molecule is CCC(=O)N(CC)CC#Cc1nc(N)c2ncn([C@@H]3O[C@H](C(=O)NC4CC4)C(O)[C@@H]3O)c2n1. The molecule has 3 heterocycles. The molecule has 33 heavy (non-hydrogen) atoms. The first-order valence-corrected chi connectivity index (χ1v) is 10.9. The second-order valence-corrected chi connectivity index (χ2v) is 8.03. The van der Waals surface area contributed by atoms with Crippen molar-refractivity contribution in [1.82, 2.24) is 29.7 Å². The minimum absolute atomic E-state index is 0.00744. The number of hydrogen-bond donors (Lipinski definition) is 4. The predicted molar refractivity (Wildman–Crippen MR) is 116 cm³/mol. The molecule has 1 saturated carbocycles. The average Bonchev–Trinajstić information content (AvgIpc) is 3.43. The van der Waals surface area contributed by atoms with E-state index in [-0.39, 0.29) is 41.3 Å². The van der Waals surface area contributed by atoms with Gasteiger partial charge in [-0.1, -0.05) is 12.8 Å². The Balaban J connectivity index is 1.58. The number of carbonyl (C=O) groups excluding carboxylic acids is 2. The van der Waals surface area contributed by atoms with E-state index in [2.05, 4.69) is 32.1 Å². The van der Waals surface area contributed by atoms with Gasteiger partial charge in [0.2, 0.25) is 11.7 Å². The molecule has 0 bridgehead atoms. The van der Waals surface area contributed by atoms with Gasteiger partial charge in [-0.2, -0.15) is 0 Å². The van der Waals surface area contributed by atoms with Crippen molar-refractivity contribution >= 4 is 28.8 Å². The van der Waals surface area contributed by atoms with Gasteiger partial charge in [0.25, 0.3) is 5.91 Å². The molecule has 12 nitrogen and oxygen atoms in total. The van der Waals surface area contributed by atoms with Crippen LogP contribution in [0, 0.1) is 11.8 Å².